The molecule has 0 atom stereocenters. The summed E-state index contributed by atoms with van der Waals surface area (Å²) in [7, 11) is 0. The van der Waals surface area contributed by atoms with Crippen molar-refractivity contribution in [1.82, 2.24) is 30.2 Å². The van der Waals surface area contributed by atoms with Gasteiger partial charge in [-0.3, -0.25) is 9.69 Å². The first-order chi connectivity index (χ1) is 12.2. The third-order valence-corrected chi connectivity index (χ3v) is 4.60. The van der Waals surface area contributed by atoms with Crippen molar-refractivity contribution in [3.05, 3.63) is 30.1 Å². The van der Waals surface area contributed by atoms with Crippen molar-refractivity contribution in [1.29, 1.82) is 0 Å². The topological polar surface area (TPSA) is 79.2 Å². The lowest BCUT2D eigenvalue weighted by Gasteiger charge is -2.34. The maximum absolute atomic E-state index is 11.9. The van der Waals surface area contributed by atoms with Crippen LogP contribution in [0.2, 0.25) is 0 Å². The van der Waals surface area contributed by atoms with Crippen LogP contribution in [-0.4, -0.2) is 69.6 Å². The van der Waals surface area contributed by atoms with Gasteiger partial charge in [0.05, 0.1) is 12.2 Å². The molecule has 8 heteroatoms. The van der Waals surface area contributed by atoms with Gasteiger partial charge in [-0.2, -0.15) is 5.10 Å². The van der Waals surface area contributed by atoms with Crippen molar-refractivity contribution in [2.75, 3.05) is 37.6 Å². The zero-order valence-corrected chi connectivity index (χ0v) is 14.4. The predicted octanol–water partition coefficient (Wildman–Crippen LogP) is 0.371. The second-order valence-corrected chi connectivity index (χ2v) is 6.76. The van der Waals surface area contributed by atoms with Crippen LogP contribution < -0.4 is 10.2 Å². The zero-order chi connectivity index (χ0) is 17.2. The van der Waals surface area contributed by atoms with E-state index in [1.165, 1.54) is 0 Å². The van der Waals surface area contributed by atoms with Crippen molar-refractivity contribution >= 4 is 11.7 Å². The summed E-state index contributed by atoms with van der Waals surface area (Å²) in [6.07, 6.45) is 4.14. The monoisotopic (exact) mass is 341 g/mol. The highest BCUT2D eigenvalue weighted by Gasteiger charge is 2.25. The number of hydrogen-bond acceptors (Lipinski definition) is 6. The highest BCUT2D eigenvalue weighted by Crippen LogP contribution is 2.18. The number of rotatable bonds is 5. The minimum Gasteiger partial charge on any atom is -0.353 e. The second kappa shape index (κ2) is 6.79. The Hall–Kier alpha value is -2.48. The molecule has 1 aliphatic heterocycles. The Balaban J connectivity index is 1.30. The standard InChI is InChI=1S/C17H23N7O/c1-13-6-7-24(21-13)16-5-4-15(19-20-16)23-10-8-22(9-11-23)12-17(25)18-14-2-3-14/h4-7,14H,2-3,8-12H2,1H3,(H,18,25). The van der Waals surface area contributed by atoms with Crippen LogP contribution in [-0.2, 0) is 4.79 Å². The van der Waals surface area contributed by atoms with Gasteiger partial charge in [-0.1, -0.05) is 0 Å². The number of amides is 1. The fourth-order valence-electron chi connectivity index (χ4n) is 2.99. The Kier molecular flexibility index (Phi) is 4.35. The maximum Gasteiger partial charge on any atom is 0.234 e. The van der Waals surface area contributed by atoms with Gasteiger partial charge in [0, 0.05) is 38.4 Å². The first-order valence-electron chi connectivity index (χ1n) is 8.80. The Labute approximate surface area is 146 Å². The van der Waals surface area contributed by atoms with Crippen LogP contribution in [0.25, 0.3) is 5.82 Å². The lowest BCUT2D eigenvalue weighted by atomic mass is 10.3. The highest BCUT2D eigenvalue weighted by molar-refractivity contribution is 5.78. The van der Waals surface area contributed by atoms with Crippen molar-refractivity contribution < 1.29 is 4.79 Å². The quantitative estimate of drug-likeness (QED) is 0.847. The average Bonchev–Trinajstić information content (AvgIpc) is 3.33. The molecule has 2 fully saturated rings. The number of carbonyl (C=O) groups excluding carboxylic acids is 1. The molecule has 2 aliphatic rings. The molecule has 0 spiro atoms. The summed E-state index contributed by atoms with van der Waals surface area (Å²) < 4.78 is 1.72. The normalized spacial score (nSPS) is 18.4. The van der Waals surface area contributed by atoms with Gasteiger partial charge in [-0.25, -0.2) is 4.68 Å². The summed E-state index contributed by atoms with van der Waals surface area (Å²) in [5, 5.41) is 16.0. The van der Waals surface area contributed by atoms with Crippen LogP contribution >= 0.6 is 0 Å². The van der Waals surface area contributed by atoms with Gasteiger partial charge in [0.15, 0.2) is 11.6 Å². The van der Waals surface area contributed by atoms with E-state index in [4.69, 9.17) is 0 Å². The lowest BCUT2D eigenvalue weighted by molar-refractivity contribution is -0.122. The van der Waals surface area contributed by atoms with Crippen LogP contribution in [0, 0.1) is 6.92 Å². The van der Waals surface area contributed by atoms with Crippen molar-refractivity contribution in [3.63, 3.8) is 0 Å². The van der Waals surface area contributed by atoms with Gasteiger partial charge in [0.1, 0.15) is 0 Å². The fraction of sp³-hybridized carbons (Fsp3) is 0.529. The van der Waals surface area contributed by atoms with Crippen LogP contribution in [0.15, 0.2) is 24.4 Å². The number of anilines is 1. The van der Waals surface area contributed by atoms with E-state index >= 15 is 0 Å². The fourth-order valence-corrected chi connectivity index (χ4v) is 2.99. The zero-order valence-electron chi connectivity index (χ0n) is 14.4. The molecule has 1 N–H and O–H groups in total. The summed E-state index contributed by atoms with van der Waals surface area (Å²) in [6, 6.07) is 6.29. The number of aromatic nitrogens is 4. The van der Waals surface area contributed by atoms with E-state index in [0.29, 0.717) is 18.4 Å². The van der Waals surface area contributed by atoms with E-state index in [-0.39, 0.29) is 5.91 Å². The molecule has 1 amide bonds. The minimum absolute atomic E-state index is 0.148. The first kappa shape index (κ1) is 16.0. The van der Waals surface area contributed by atoms with Gasteiger partial charge in [-0.05, 0) is 38.0 Å². The second-order valence-electron chi connectivity index (χ2n) is 6.76. The van der Waals surface area contributed by atoms with E-state index in [0.717, 1.165) is 50.5 Å². The number of carbonyl (C=O) groups is 1. The molecular formula is C17H23N7O. The van der Waals surface area contributed by atoms with Crippen LogP contribution in [0.5, 0.6) is 0 Å². The molecule has 0 aromatic carbocycles. The Morgan fingerprint density at radius 3 is 2.44 bits per heavy atom. The Morgan fingerprint density at radius 1 is 1.12 bits per heavy atom. The van der Waals surface area contributed by atoms with E-state index in [9.17, 15) is 4.79 Å². The van der Waals surface area contributed by atoms with Gasteiger partial charge in [0.25, 0.3) is 0 Å². The number of aryl methyl sites for hydroxylation is 1. The van der Waals surface area contributed by atoms with E-state index in [2.05, 4.69) is 30.4 Å². The molecule has 4 rings (SSSR count). The molecule has 25 heavy (non-hydrogen) atoms. The number of nitrogens with zero attached hydrogens (tertiary/aromatic N) is 6. The first-order valence-corrected chi connectivity index (χ1v) is 8.80. The molecule has 2 aromatic rings. The molecule has 0 radical (unpaired) electrons. The number of hydrogen-bond donors (Lipinski definition) is 1. The Bertz CT molecular complexity index is 730. The third-order valence-electron chi connectivity index (χ3n) is 4.60. The minimum atomic E-state index is 0.148. The molecule has 1 aliphatic carbocycles. The summed E-state index contributed by atoms with van der Waals surface area (Å²) >= 11 is 0. The molecule has 1 saturated carbocycles. The largest absolute Gasteiger partial charge is 0.353 e. The molecule has 0 unspecified atom stereocenters. The van der Waals surface area contributed by atoms with Crippen molar-refractivity contribution in [3.8, 4) is 5.82 Å². The molecule has 3 heterocycles. The molecule has 2 aromatic heterocycles. The lowest BCUT2D eigenvalue weighted by Crippen LogP contribution is -2.50. The van der Waals surface area contributed by atoms with Gasteiger partial charge in [0.2, 0.25) is 5.91 Å². The summed E-state index contributed by atoms with van der Waals surface area (Å²) in [5.41, 5.74) is 0.952. The molecule has 132 valence electrons. The van der Waals surface area contributed by atoms with Crippen LogP contribution in [0.3, 0.4) is 0 Å². The molecule has 8 nitrogen and oxygen atoms in total. The maximum atomic E-state index is 11.9. The summed E-state index contributed by atoms with van der Waals surface area (Å²) in [5.74, 6) is 1.73. The van der Waals surface area contributed by atoms with Crippen molar-refractivity contribution in [2.45, 2.75) is 25.8 Å². The molecule has 0 bridgehead atoms. The van der Waals surface area contributed by atoms with Crippen LogP contribution in [0.1, 0.15) is 18.5 Å². The van der Waals surface area contributed by atoms with Crippen LogP contribution in [0.4, 0.5) is 5.82 Å². The van der Waals surface area contributed by atoms with E-state index in [1.807, 2.05) is 31.3 Å². The molecule has 1 saturated heterocycles. The number of nitrogens with one attached hydrogen (secondary N) is 1. The summed E-state index contributed by atoms with van der Waals surface area (Å²) in [4.78, 5) is 16.3. The van der Waals surface area contributed by atoms with E-state index < -0.39 is 0 Å². The predicted molar refractivity (Wildman–Crippen MR) is 93.7 cm³/mol. The van der Waals surface area contributed by atoms with Crippen molar-refractivity contribution in [2.24, 2.45) is 0 Å². The van der Waals surface area contributed by atoms with Gasteiger partial charge in [-0.15, -0.1) is 10.2 Å². The van der Waals surface area contributed by atoms with E-state index in [1.54, 1.807) is 4.68 Å². The Morgan fingerprint density at radius 2 is 1.84 bits per heavy atom. The highest BCUT2D eigenvalue weighted by atomic mass is 16.2. The average molecular weight is 341 g/mol. The SMILES string of the molecule is Cc1ccn(-c2ccc(N3CCN(CC(=O)NC4CC4)CC3)nn2)n1. The van der Waals surface area contributed by atoms with Gasteiger partial charge >= 0.3 is 0 Å². The third kappa shape index (κ3) is 3.96. The van der Waals surface area contributed by atoms with Gasteiger partial charge < -0.3 is 10.2 Å². The smallest absolute Gasteiger partial charge is 0.234 e. The number of piperazine rings is 1. The summed E-state index contributed by atoms with van der Waals surface area (Å²) in [6.45, 7) is 5.87. The molecular weight excluding hydrogens is 318 g/mol.